The molecule has 0 atom stereocenters. The lowest BCUT2D eigenvalue weighted by Gasteiger charge is -2.55. The number of hydrogen-bond donors (Lipinski definition) is 2. The second-order valence-corrected chi connectivity index (χ2v) is 9.70. The Kier molecular flexibility index (Phi) is 3.80. The van der Waals surface area contributed by atoms with Gasteiger partial charge in [0.15, 0.2) is 5.78 Å². The fourth-order valence-electron chi connectivity index (χ4n) is 6.09. The number of anilines is 3. The Hall–Kier alpha value is -2.32. The SMILES string of the molecule is N#Cc1c(Nc2ccccc2)sc(C(=O)C23CC4CC(CC(C4)C2)C3)c1N. The fraction of sp³-hybridized carbons (Fsp3) is 0.455. The Morgan fingerprint density at radius 3 is 2.26 bits per heavy atom. The zero-order valence-electron chi connectivity index (χ0n) is 15.2. The van der Waals surface area contributed by atoms with Crippen molar-refractivity contribution in [1.29, 1.82) is 5.26 Å². The Balaban J connectivity index is 1.50. The summed E-state index contributed by atoms with van der Waals surface area (Å²) in [6.07, 6.45) is 6.94. The summed E-state index contributed by atoms with van der Waals surface area (Å²) in [6, 6.07) is 11.9. The number of hydrogen-bond acceptors (Lipinski definition) is 5. The van der Waals surface area contributed by atoms with Gasteiger partial charge >= 0.3 is 0 Å². The van der Waals surface area contributed by atoms with Crippen LogP contribution >= 0.6 is 11.3 Å². The predicted octanol–water partition coefficient (Wildman–Crippen LogP) is 5.34. The van der Waals surface area contributed by atoms with Gasteiger partial charge in [-0.05, 0) is 68.4 Å². The van der Waals surface area contributed by atoms with Crippen molar-refractivity contribution in [3.63, 3.8) is 0 Å². The molecular weight excluding hydrogens is 354 g/mol. The average Bonchev–Trinajstić information content (AvgIpc) is 2.96. The molecule has 0 radical (unpaired) electrons. The molecular formula is C22H23N3OS. The molecule has 0 spiro atoms. The maximum atomic E-state index is 13.6. The molecule has 0 unspecified atom stereocenters. The normalized spacial score (nSPS) is 30.9. The summed E-state index contributed by atoms with van der Waals surface area (Å²) in [4.78, 5) is 14.2. The number of nitriles is 1. The minimum atomic E-state index is -0.232. The first-order valence-electron chi connectivity index (χ1n) is 9.77. The maximum Gasteiger partial charge on any atom is 0.181 e. The van der Waals surface area contributed by atoms with Crippen molar-refractivity contribution in [2.24, 2.45) is 23.2 Å². The Morgan fingerprint density at radius 2 is 1.70 bits per heavy atom. The maximum absolute atomic E-state index is 13.6. The Bertz CT molecular complexity index is 905. The van der Waals surface area contributed by atoms with E-state index < -0.39 is 0 Å². The lowest BCUT2D eigenvalue weighted by molar-refractivity contribution is -0.0350. The molecule has 4 aliphatic carbocycles. The molecule has 1 aromatic carbocycles. The van der Waals surface area contributed by atoms with Crippen LogP contribution in [0.15, 0.2) is 30.3 Å². The zero-order valence-corrected chi connectivity index (χ0v) is 16.0. The average molecular weight is 378 g/mol. The monoisotopic (exact) mass is 377 g/mol. The third kappa shape index (κ3) is 2.66. The van der Waals surface area contributed by atoms with E-state index in [-0.39, 0.29) is 11.2 Å². The highest BCUT2D eigenvalue weighted by molar-refractivity contribution is 7.19. The smallest absolute Gasteiger partial charge is 0.181 e. The molecule has 0 saturated heterocycles. The molecule has 4 saturated carbocycles. The third-order valence-electron chi connectivity index (χ3n) is 6.81. The number of carbonyl (C=O) groups excluding carboxylic acids is 1. The molecule has 5 heteroatoms. The number of para-hydroxylation sites is 1. The molecule has 0 aliphatic heterocycles. The summed E-state index contributed by atoms with van der Waals surface area (Å²) in [5.74, 6) is 2.32. The van der Waals surface area contributed by atoms with Crippen molar-refractivity contribution >= 4 is 33.5 Å². The summed E-state index contributed by atoms with van der Waals surface area (Å²) in [6.45, 7) is 0. The summed E-state index contributed by atoms with van der Waals surface area (Å²) in [7, 11) is 0. The van der Waals surface area contributed by atoms with E-state index in [0.717, 1.165) is 24.9 Å². The summed E-state index contributed by atoms with van der Waals surface area (Å²) in [5.41, 5.74) is 7.74. The third-order valence-corrected chi connectivity index (χ3v) is 7.93. The van der Waals surface area contributed by atoms with Crippen molar-refractivity contribution in [1.82, 2.24) is 0 Å². The predicted molar refractivity (Wildman–Crippen MR) is 108 cm³/mol. The molecule has 1 aromatic heterocycles. The van der Waals surface area contributed by atoms with Gasteiger partial charge in [0, 0.05) is 11.1 Å². The molecule has 6 rings (SSSR count). The first-order valence-corrected chi connectivity index (χ1v) is 10.6. The van der Waals surface area contributed by atoms with Crippen LogP contribution in [-0.4, -0.2) is 5.78 Å². The number of carbonyl (C=O) groups is 1. The van der Waals surface area contributed by atoms with Crippen molar-refractivity contribution in [3.8, 4) is 6.07 Å². The molecule has 4 fully saturated rings. The van der Waals surface area contributed by atoms with E-state index in [1.807, 2.05) is 30.3 Å². The van der Waals surface area contributed by atoms with Gasteiger partial charge in [-0.1, -0.05) is 18.2 Å². The number of ketones is 1. The van der Waals surface area contributed by atoms with Crippen LogP contribution in [0.5, 0.6) is 0 Å². The molecule has 27 heavy (non-hydrogen) atoms. The highest BCUT2D eigenvalue weighted by atomic mass is 32.1. The number of nitrogen functional groups attached to an aromatic ring is 1. The molecule has 138 valence electrons. The molecule has 3 N–H and O–H groups in total. The highest BCUT2D eigenvalue weighted by Crippen LogP contribution is 2.61. The topological polar surface area (TPSA) is 78.9 Å². The number of nitrogens with zero attached hydrogens (tertiary/aromatic N) is 1. The van der Waals surface area contributed by atoms with Crippen molar-refractivity contribution in [2.45, 2.75) is 38.5 Å². The first kappa shape index (κ1) is 16.8. The van der Waals surface area contributed by atoms with Crippen molar-refractivity contribution < 1.29 is 4.79 Å². The van der Waals surface area contributed by atoms with Gasteiger partial charge in [-0.3, -0.25) is 4.79 Å². The minimum Gasteiger partial charge on any atom is -0.396 e. The van der Waals surface area contributed by atoms with Crippen LogP contribution in [0.3, 0.4) is 0 Å². The first-order chi connectivity index (χ1) is 13.1. The number of rotatable bonds is 4. The largest absolute Gasteiger partial charge is 0.396 e. The molecule has 2 aromatic rings. The van der Waals surface area contributed by atoms with Gasteiger partial charge in [0.2, 0.25) is 0 Å². The Morgan fingerprint density at radius 1 is 1.11 bits per heavy atom. The quantitative estimate of drug-likeness (QED) is 0.705. The van der Waals surface area contributed by atoms with E-state index in [0.29, 0.717) is 38.9 Å². The number of thiophene rings is 1. The van der Waals surface area contributed by atoms with E-state index in [9.17, 15) is 10.1 Å². The summed E-state index contributed by atoms with van der Waals surface area (Å²) < 4.78 is 0. The molecule has 1 heterocycles. The van der Waals surface area contributed by atoms with Gasteiger partial charge in [-0.25, -0.2) is 0 Å². The van der Waals surface area contributed by atoms with Crippen LogP contribution in [0.25, 0.3) is 0 Å². The Labute approximate surface area is 163 Å². The van der Waals surface area contributed by atoms with Crippen LogP contribution in [-0.2, 0) is 0 Å². The highest BCUT2D eigenvalue weighted by Gasteiger charge is 2.55. The molecule has 4 aliphatic rings. The lowest BCUT2D eigenvalue weighted by Crippen LogP contribution is -2.49. The van der Waals surface area contributed by atoms with Crippen LogP contribution in [0, 0.1) is 34.5 Å². The van der Waals surface area contributed by atoms with E-state index in [1.54, 1.807) is 0 Å². The van der Waals surface area contributed by atoms with Gasteiger partial charge in [-0.2, -0.15) is 5.26 Å². The second kappa shape index (κ2) is 6.10. The zero-order chi connectivity index (χ0) is 18.6. The van der Waals surface area contributed by atoms with Gasteiger partial charge in [0.1, 0.15) is 16.6 Å². The van der Waals surface area contributed by atoms with E-state index in [2.05, 4.69) is 11.4 Å². The summed E-state index contributed by atoms with van der Waals surface area (Å²) >= 11 is 1.35. The number of nitrogens with two attached hydrogens (primary N) is 1. The standard InChI is InChI=1S/C22H23N3OS/c23-12-17-18(24)19(27-21(17)25-16-4-2-1-3-5-16)20(26)22-9-13-6-14(10-22)8-15(7-13)11-22/h1-5,13-15,25H,6-11,24H2. The van der Waals surface area contributed by atoms with Crippen LogP contribution in [0.1, 0.15) is 53.8 Å². The molecule has 4 nitrogen and oxygen atoms in total. The van der Waals surface area contributed by atoms with E-state index in [4.69, 9.17) is 5.73 Å². The summed E-state index contributed by atoms with van der Waals surface area (Å²) in [5, 5.41) is 13.6. The number of benzene rings is 1. The van der Waals surface area contributed by atoms with E-state index >= 15 is 0 Å². The number of Topliss-reactive ketones (excluding diaryl/α,β-unsaturated/α-hetero) is 1. The van der Waals surface area contributed by atoms with E-state index in [1.165, 1.54) is 30.6 Å². The molecule has 0 amide bonds. The lowest BCUT2D eigenvalue weighted by atomic mass is 9.48. The number of nitrogens with one attached hydrogen (secondary N) is 1. The van der Waals surface area contributed by atoms with Gasteiger partial charge in [0.25, 0.3) is 0 Å². The van der Waals surface area contributed by atoms with Crippen molar-refractivity contribution in [3.05, 3.63) is 40.8 Å². The van der Waals surface area contributed by atoms with Crippen LogP contribution < -0.4 is 11.1 Å². The molecule has 4 bridgehead atoms. The van der Waals surface area contributed by atoms with Gasteiger partial charge < -0.3 is 11.1 Å². The van der Waals surface area contributed by atoms with Gasteiger partial charge in [-0.15, -0.1) is 11.3 Å². The van der Waals surface area contributed by atoms with Crippen LogP contribution in [0.2, 0.25) is 0 Å². The second-order valence-electron chi connectivity index (χ2n) is 8.68. The fourth-order valence-corrected chi connectivity index (χ4v) is 7.25. The van der Waals surface area contributed by atoms with Crippen molar-refractivity contribution in [2.75, 3.05) is 11.1 Å². The van der Waals surface area contributed by atoms with Gasteiger partial charge in [0.05, 0.1) is 10.6 Å². The van der Waals surface area contributed by atoms with Crippen LogP contribution in [0.4, 0.5) is 16.4 Å². The minimum absolute atomic E-state index is 0.196.